The zero-order chi connectivity index (χ0) is 14.5. The van der Waals surface area contributed by atoms with Crippen LogP contribution < -0.4 is 4.74 Å². The predicted molar refractivity (Wildman–Crippen MR) is 84.4 cm³/mol. The fourth-order valence-electron chi connectivity index (χ4n) is 2.89. The van der Waals surface area contributed by atoms with Gasteiger partial charge in [0.15, 0.2) is 0 Å². The number of benzene rings is 1. The molecule has 21 heavy (non-hydrogen) atoms. The minimum absolute atomic E-state index is 0.378. The summed E-state index contributed by atoms with van der Waals surface area (Å²) >= 11 is 1.36. The molecule has 1 saturated carbocycles. The lowest BCUT2D eigenvalue weighted by atomic mass is 9.85. The summed E-state index contributed by atoms with van der Waals surface area (Å²) in [5.74, 6) is 1.01. The van der Waals surface area contributed by atoms with E-state index >= 15 is 0 Å². The fourth-order valence-corrected chi connectivity index (χ4v) is 3.65. The summed E-state index contributed by atoms with van der Waals surface area (Å²) in [5, 5.41) is 10.5. The number of aliphatic hydroxyl groups is 1. The van der Waals surface area contributed by atoms with Gasteiger partial charge >= 0.3 is 0 Å². The molecule has 3 nitrogen and oxygen atoms in total. The summed E-state index contributed by atoms with van der Waals surface area (Å²) < 4.78 is 10.0. The Hall–Kier alpha value is -1.39. The van der Waals surface area contributed by atoms with Gasteiger partial charge in [0.25, 0.3) is 0 Å². The number of aromatic nitrogens is 1. The van der Waals surface area contributed by atoms with Gasteiger partial charge in [0.1, 0.15) is 6.61 Å². The molecule has 0 radical (unpaired) electrons. The van der Waals surface area contributed by atoms with Crippen molar-refractivity contribution in [2.75, 3.05) is 0 Å². The molecule has 0 spiro atoms. The van der Waals surface area contributed by atoms with E-state index in [1.807, 2.05) is 36.4 Å². The van der Waals surface area contributed by atoms with Crippen molar-refractivity contribution in [1.82, 2.24) is 4.37 Å². The maximum absolute atomic E-state index is 10.5. The van der Waals surface area contributed by atoms with Gasteiger partial charge < -0.3 is 9.84 Å². The molecule has 2 aromatic rings. The zero-order valence-corrected chi connectivity index (χ0v) is 12.9. The number of rotatable bonds is 5. The van der Waals surface area contributed by atoms with Gasteiger partial charge in [-0.05, 0) is 35.9 Å². The molecule has 112 valence electrons. The Morgan fingerprint density at radius 2 is 1.95 bits per heavy atom. The molecular formula is C17H21NO2S. The summed E-state index contributed by atoms with van der Waals surface area (Å²) in [6, 6.07) is 11.9. The Morgan fingerprint density at radius 3 is 2.71 bits per heavy atom. The van der Waals surface area contributed by atoms with E-state index in [1.54, 1.807) is 0 Å². The third-order valence-electron chi connectivity index (χ3n) is 4.12. The Morgan fingerprint density at radius 1 is 1.19 bits per heavy atom. The van der Waals surface area contributed by atoms with Crippen molar-refractivity contribution in [1.29, 1.82) is 0 Å². The second kappa shape index (κ2) is 7.05. The Balaban J connectivity index is 1.58. The molecule has 1 aliphatic carbocycles. The fraction of sp³-hybridized carbons (Fsp3) is 0.471. The van der Waals surface area contributed by atoms with Crippen molar-refractivity contribution in [2.24, 2.45) is 5.92 Å². The minimum Gasteiger partial charge on any atom is -0.472 e. The van der Waals surface area contributed by atoms with E-state index in [0.29, 0.717) is 18.4 Å². The van der Waals surface area contributed by atoms with Gasteiger partial charge in [-0.3, -0.25) is 0 Å². The Kier molecular flexibility index (Phi) is 4.88. The lowest BCUT2D eigenvalue weighted by molar-refractivity contribution is 0.0877. The summed E-state index contributed by atoms with van der Waals surface area (Å²) in [6.45, 7) is 0.517. The molecule has 1 aromatic carbocycles. The highest BCUT2D eigenvalue weighted by atomic mass is 32.1. The first-order chi connectivity index (χ1) is 10.3. The average molecular weight is 303 g/mol. The molecule has 0 saturated heterocycles. The first kappa shape index (κ1) is 14.5. The lowest BCUT2D eigenvalue weighted by Gasteiger charge is -2.25. The molecule has 0 unspecified atom stereocenters. The first-order valence-corrected chi connectivity index (χ1v) is 8.41. The van der Waals surface area contributed by atoms with Gasteiger partial charge in [-0.2, -0.15) is 4.37 Å². The summed E-state index contributed by atoms with van der Waals surface area (Å²) in [7, 11) is 0. The summed E-state index contributed by atoms with van der Waals surface area (Å²) in [5.41, 5.74) is 1.12. The van der Waals surface area contributed by atoms with Crippen LogP contribution in [0.5, 0.6) is 5.88 Å². The van der Waals surface area contributed by atoms with Crippen LogP contribution in [0.25, 0.3) is 0 Å². The zero-order valence-electron chi connectivity index (χ0n) is 12.1. The van der Waals surface area contributed by atoms with Crippen LogP contribution in [-0.4, -0.2) is 9.48 Å². The average Bonchev–Trinajstić information content (AvgIpc) is 3.03. The second-order valence-corrected chi connectivity index (χ2v) is 6.52. The molecule has 1 heterocycles. The van der Waals surface area contributed by atoms with Crippen LogP contribution in [0.2, 0.25) is 0 Å². The number of nitrogens with zero attached hydrogens (tertiary/aromatic N) is 1. The summed E-state index contributed by atoms with van der Waals surface area (Å²) in [6.07, 6.45) is 5.64. The molecule has 0 aliphatic heterocycles. The van der Waals surface area contributed by atoms with Crippen molar-refractivity contribution in [3.63, 3.8) is 0 Å². The lowest BCUT2D eigenvalue weighted by Crippen LogP contribution is -2.14. The maximum atomic E-state index is 10.5. The monoisotopic (exact) mass is 303 g/mol. The van der Waals surface area contributed by atoms with Crippen molar-refractivity contribution < 1.29 is 9.84 Å². The van der Waals surface area contributed by atoms with E-state index in [2.05, 4.69) is 4.37 Å². The number of ether oxygens (including phenoxy) is 1. The topological polar surface area (TPSA) is 42.4 Å². The van der Waals surface area contributed by atoms with Crippen molar-refractivity contribution >= 4 is 11.5 Å². The third-order valence-corrected chi connectivity index (χ3v) is 4.97. The normalized spacial score (nSPS) is 17.6. The van der Waals surface area contributed by atoms with Crippen LogP contribution in [0.15, 0.2) is 36.4 Å². The van der Waals surface area contributed by atoms with Crippen LogP contribution in [0.3, 0.4) is 0 Å². The smallest absolute Gasteiger partial charge is 0.225 e. The molecule has 0 bridgehead atoms. The molecule has 1 atom stereocenters. The molecule has 1 fully saturated rings. The van der Waals surface area contributed by atoms with E-state index < -0.39 is 0 Å². The quantitative estimate of drug-likeness (QED) is 0.893. The van der Waals surface area contributed by atoms with Crippen LogP contribution in [0.4, 0.5) is 0 Å². The first-order valence-electron chi connectivity index (χ1n) is 7.64. The molecular weight excluding hydrogens is 282 g/mol. The Labute approximate surface area is 129 Å². The van der Waals surface area contributed by atoms with E-state index in [9.17, 15) is 5.11 Å². The van der Waals surface area contributed by atoms with Crippen LogP contribution in [0, 0.1) is 5.92 Å². The van der Waals surface area contributed by atoms with Gasteiger partial charge in [0, 0.05) is 6.07 Å². The number of aliphatic hydroxyl groups excluding tert-OH is 1. The van der Waals surface area contributed by atoms with Crippen molar-refractivity contribution in [3.05, 3.63) is 46.8 Å². The summed E-state index contributed by atoms with van der Waals surface area (Å²) in [4.78, 5) is 0.935. The molecule has 1 aromatic heterocycles. The molecule has 1 N–H and O–H groups in total. The van der Waals surface area contributed by atoms with Gasteiger partial charge in [-0.1, -0.05) is 49.6 Å². The molecule has 4 heteroatoms. The molecule has 3 rings (SSSR count). The van der Waals surface area contributed by atoms with Crippen LogP contribution >= 0.6 is 11.5 Å². The van der Waals surface area contributed by atoms with E-state index in [-0.39, 0.29) is 6.10 Å². The second-order valence-electron chi connectivity index (χ2n) is 5.68. The molecule has 0 amide bonds. The van der Waals surface area contributed by atoms with Crippen molar-refractivity contribution in [3.8, 4) is 5.88 Å². The number of hydrogen-bond acceptors (Lipinski definition) is 4. The SMILES string of the molecule is O[C@@H](c1cc(OCc2ccccc2)ns1)C1CCCCC1. The standard InChI is InChI=1S/C17H21NO2S/c19-17(14-9-5-2-6-10-14)15-11-16(18-21-15)20-12-13-7-3-1-4-8-13/h1,3-4,7-8,11,14,17,19H,2,5-6,9-10,12H2/t17-/m1/s1. The van der Waals surface area contributed by atoms with Gasteiger partial charge in [0.05, 0.1) is 11.0 Å². The third kappa shape index (κ3) is 3.83. The largest absolute Gasteiger partial charge is 0.472 e. The van der Waals surface area contributed by atoms with E-state index in [1.165, 1.54) is 30.8 Å². The van der Waals surface area contributed by atoms with Crippen molar-refractivity contribution in [2.45, 2.75) is 44.8 Å². The predicted octanol–water partition coefficient (Wildman–Crippen LogP) is 4.34. The van der Waals surface area contributed by atoms with Gasteiger partial charge in [-0.15, -0.1) is 0 Å². The molecule has 1 aliphatic rings. The highest BCUT2D eigenvalue weighted by molar-refractivity contribution is 7.06. The van der Waals surface area contributed by atoms with Gasteiger partial charge in [0.2, 0.25) is 5.88 Å². The highest BCUT2D eigenvalue weighted by Gasteiger charge is 2.25. The highest BCUT2D eigenvalue weighted by Crippen LogP contribution is 2.36. The van der Waals surface area contributed by atoms with Crippen LogP contribution in [0.1, 0.15) is 48.6 Å². The van der Waals surface area contributed by atoms with E-state index in [4.69, 9.17) is 4.74 Å². The van der Waals surface area contributed by atoms with Crippen LogP contribution in [-0.2, 0) is 6.61 Å². The maximum Gasteiger partial charge on any atom is 0.225 e. The Bertz CT molecular complexity index is 549. The van der Waals surface area contributed by atoms with E-state index in [0.717, 1.165) is 23.3 Å². The number of hydrogen-bond donors (Lipinski definition) is 1. The van der Waals surface area contributed by atoms with Gasteiger partial charge in [-0.25, -0.2) is 0 Å². The minimum atomic E-state index is -0.378.